The highest BCUT2D eigenvalue weighted by Gasteiger charge is 2.31. The molecule has 0 spiro atoms. The Hall–Kier alpha value is -0.420. The lowest BCUT2D eigenvalue weighted by atomic mass is 10.2. The van der Waals surface area contributed by atoms with Crippen molar-refractivity contribution in [2.24, 2.45) is 0 Å². The summed E-state index contributed by atoms with van der Waals surface area (Å²) in [5.74, 6) is 0.500. The van der Waals surface area contributed by atoms with E-state index in [2.05, 4.69) is 26.2 Å². The van der Waals surface area contributed by atoms with E-state index in [0.29, 0.717) is 11.6 Å². The number of hydrogen-bond acceptors (Lipinski definition) is 3. The van der Waals surface area contributed by atoms with Crippen LogP contribution in [0.4, 0.5) is 0 Å². The fourth-order valence-corrected chi connectivity index (χ4v) is 2.86. The quantitative estimate of drug-likeness (QED) is 0.886. The first kappa shape index (κ1) is 9.15. The standard InChI is InChI=1S/C8H9BrN2OS/c1-10-7(12)5-6(4-2-3-4)13-8(9)11-5/h4H,2-3H2,1H3,(H,10,12). The molecule has 70 valence electrons. The number of thiazole rings is 1. The summed E-state index contributed by atoms with van der Waals surface area (Å²) < 4.78 is 0.799. The van der Waals surface area contributed by atoms with Gasteiger partial charge in [-0.05, 0) is 34.7 Å². The highest BCUT2D eigenvalue weighted by molar-refractivity contribution is 9.11. The Morgan fingerprint density at radius 2 is 2.38 bits per heavy atom. The van der Waals surface area contributed by atoms with Gasteiger partial charge in [0.2, 0.25) is 0 Å². The zero-order valence-electron chi connectivity index (χ0n) is 7.13. The Labute approximate surface area is 88.7 Å². The monoisotopic (exact) mass is 260 g/mol. The van der Waals surface area contributed by atoms with E-state index in [-0.39, 0.29) is 5.91 Å². The zero-order valence-corrected chi connectivity index (χ0v) is 9.54. The number of hydrogen-bond donors (Lipinski definition) is 1. The van der Waals surface area contributed by atoms with Gasteiger partial charge in [0.15, 0.2) is 3.92 Å². The average Bonchev–Trinajstić information content (AvgIpc) is 2.89. The number of aromatic nitrogens is 1. The largest absolute Gasteiger partial charge is 0.354 e. The van der Waals surface area contributed by atoms with Crippen LogP contribution in [0.5, 0.6) is 0 Å². The van der Waals surface area contributed by atoms with Crippen molar-refractivity contribution in [3.8, 4) is 0 Å². The lowest BCUT2D eigenvalue weighted by Gasteiger charge is -1.97. The van der Waals surface area contributed by atoms with Crippen LogP contribution in [-0.4, -0.2) is 17.9 Å². The molecule has 1 heterocycles. The first-order valence-corrected chi connectivity index (χ1v) is 5.71. The van der Waals surface area contributed by atoms with E-state index in [0.717, 1.165) is 8.79 Å². The van der Waals surface area contributed by atoms with Gasteiger partial charge < -0.3 is 5.32 Å². The Morgan fingerprint density at radius 1 is 1.69 bits per heavy atom. The first-order chi connectivity index (χ1) is 6.22. The summed E-state index contributed by atoms with van der Waals surface area (Å²) in [4.78, 5) is 16.7. The van der Waals surface area contributed by atoms with E-state index in [4.69, 9.17) is 0 Å². The van der Waals surface area contributed by atoms with Crippen LogP contribution >= 0.6 is 27.3 Å². The van der Waals surface area contributed by atoms with Crippen molar-refractivity contribution in [1.82, 2.24) is 10.3 Å². The number of nitrogens with one attached hydrogen (secondary N) is 1. The molecule has 0 bridgehead atoms. The lowest BCUT2D eigenvalue weighted by Crippen LogP contribution is -2.19. The van der Waals surface area contributed by atoms with E-state index in [1.807, 2.05) is 0 Å². The van der Waals surface area contributed by atoms with Crippen molar-refractivity contribution in [3.05, 3.63) is 14.5 Å². The van der Waals surface area contributed by atoms with Gasteiger partial charge >= 0.3 is 0 Å². The third-order valence-corrected chi connectivity index (χ3v) is 3.69. The second kappa shape index (κ2) is 3.38. The van der Waals surface area contributed by atoms with Crippen LogP contribution in [0, 0.1) is 0 Å². The molecule has 1 fully saturated rings. The minimum absolute atomic E-state index is 0.0798. The molecule has 0 unspecified atom stereocenters. The molecule has 1 aromatic heterocycles. The molecule has 1 aliphatic rings. The molecule has 0 atom stereocenters. The minimum Gasteiger partial charge on any atom is -0.354 e. The molecule has 1 aromatic rings. The summed E-state index contributed by atoms with van der Waals surface area (Å²) in [5, 5.41) is 2.60. The van der Waals surface area contributed by atoms with E-state index in [1.54, 1.807) is 18.4 Å². The molecule has 5 heteroatoms. The van der Waals surface area contributed by atoms with Gasteiger partial charge in [-0.2, -0.15) is 0 Å². The summed E-state index contributed by atoms with van der Waals surface area (Å²) in [6, 6.07) is 0. The molecule has 3 nitrogen and oxygen atoms in total. The third-order valence-electron chi connectivity index (χ3n) is 2.02. The van der Waals surface area contributed by atoms with E-state index < -0.39 is 0 Å². The number of carbonyl (C=O) groups excluding carboxylic acids is 1. The maximum absolute atomic E-state index is 11.4. The topological polar surface area (TPSA) is 42.0 Å². The van der Waals surface area contributed by atoms with E-state index >= 15 is 0 Å². The molecule has 0 saturated heterocycles. The van der Waals surface area contributed by atoms with Gasteiger partial charge in [0.1, 0.15) is 5.69 Å². The highest BCUT2D eigenvalue weighted by atomic mass is 79.9. The van der Waals surface area contributed by atoms with Crippen LogP contribution < -0.4 is 5.32 Å². The van der Waals surface area contributed by atoms with Crippen molar-refractivity contribution < 1.29 is 4.79 Å². The van der Waals surface area contributed by atoms with Gasteiger partial charge in [-0.15, -0.1) is 11.3 Å². The molecule has 2 rings (SSSR count). The summed E-state index contributed by atoms with van der Waals surface area (Å²) in [5.41, 5.74) is 0.599. The molecule has 13 heavy (non-hydrogen) atoms. The van der Waals surface area contributed by atoms with Crippen molar-refractivity contribution >= 4 is 33.2 Å². The second-order valence-corrected chi connectivity index (χ2v) is 5.34. The average molecular weight is 261 g/mol. The maximum Gasteiger partial charge on any atom is 0.270 e. The minimum atomic E-state index is -0.0798. The highest BCUT2D eigenvalue weighted by Crippen LogP contribution is 2.45. The van der Waals surface area contributed by atoms with Crippen LogP contribution in [-0.2, 0) is 0 Å². The fraction of sp³-hybridized carbons (Fsp3) is 0.500. The molecular weight excluding hydrogens is 252 g/mol. The van der Waals surface area contributed by atoms with Gasteiger partial charge in [-0.1, -0.05) is 0 Å². The van der Waals surface area contributed by atoms with Gasteiger partial charge in [-0.25, -0.2) is 4.98 Å². The molecule has 1 N–H and O–H groups in total. The number of amides is 1. The molecule has 0 radical (unpaired) electrons. The predicted octanol–water partition coefficient (Wildman–Crippen LogP) is 2.14. The molecule has 1 saturated carbocycles. The molecule has 0 aliphatic heterocycles. The second-order valence-electron chi connectivity index (χ2n) is 3.03. The number of nitrogens with zero attached hydrogens (tertiary/aromatic N) is 1. The van der Waals surface area contributed by atoms with Gasteiger partial charge in [0.25, 0.3) is 5.91 Å². The number of halogens is 1. The van der Waals surface area contributed by atoms with Crippen molar-refractivity contribution in [2.75, 3.05) is 7.05 Å². The molecule has 1 amide bonds. The van der Waals surface area contributed by atoms with Gasteiger partial charge in [-0.3, -0.25) is 4.79 Å². The number of rotatable bonds is 2. The van der Waals surface area contributed by atoms with Crippen LogP contribution in [0.1, 0.15) is 34.1 Å². The van der Waals surface area contributed by atoms with Crippen LogP contribution in [0.25, 0.3) is 0 Å². The SMILES string of the molecule is CNC(=O)c1nc(Br)sc1C1CC1. The Bertz CT molecular complexity index is 346. The van der Waals surface area contributed by atoms with Crippen LogP contribution in [0.15, 0.2) is 3.92 Å². The van der Waals surface area contributed by atoms with Gasteiger partial charge in [0.05, 0.1) is 0 Å². The third kappa shape index (κ3) is 1.76. The van der Waals surface area contributed by atoms with E-state index in [9.17, 15) is 4.79 Å². The summed E-state index contributed by atoms with van der Waals surface area (Å²) >= 11 is 4.88. The summed E-state index contributed by atoms with van der Waals surface area (Å²) in [7, 11) is 1.63. The summed E-state index contributed by atoms with van der Waals surface area (Å²) in [6.07, 6.45) is 2.39. The van der Waals surface area contributed by atoms with Gasteiger partial charge in [0, 0.05) is 11.9 Å². The van der Waals surface area contributed by atoms with Crippen LogP contribution in [0.3, 0.4) is 0 Å². The smallest absolute Gasteiger partial charge is 0.270 e. The first-order valence-electron chi connectivity index (χ1n) is 4.10. The number of carbonyl (C=O) groups is 1. The molecule has 1 aliphatic carbocycles. The van der Waals surface area contributed by atoms with Crippen molar-refractivity contribution in [2.45, 2.75) is 18.8 Å². The maximum atomic E-state index is 11.4. The lowest BCUT2D eigenvalue weighted by molar-refractivity contribution is 0.0958. The molecule has 0 aromatic carbocycles. The normalized spacial score (nSPS) is 15.8. The van der Waals surface area contributed by atoms with Crippen molar-refractivity contribution in [3.63, 3.8) is 0 Å². The summed E-state index contributed by atoms with van der Waals surface area (Å²) in [6.45, 7) is 0. The predicted molar refractivity (Wildman–Crippen MR) is 55.2 cm³/mol. The fourth-order valence-electron chi connectivity index (χ4n) is 1.21. The van der Waals surface area contributed by atoms with Crippen LogP contribution in [0.2, 0.25) is 0 Å². The Morgan fingerprint density at radius 3 is 2.92 bits per heavy atom. The van der Waals surface area contributed by atoms with E-state index in [1.165, 1.54) is 12.8 Å². The molecular formula is C8H9BrN2OS. The van der Waals surface area contributed by atoms with Crippen molar-refractivity contribution in [1.29, 1.82) is 0 Å². The zero-order chi connectivity index (χ0) is 9.42. The Balaban J connectivity index is 2.36. The Kier molecular flexibility index (Phi) is 2.38.